The van der Waals surface area contributed by atoms with E-state index in [0.29, 0.717) is 5.56 Å². The Balaban J connectivity index is 3.24. The van der Waals surface area contributed by atoms with E-state index in [1.54, 1.807) is 0 Å². The van der Waals surface area contributed by atoms with Crippen LogP contribution in [-0.2, 0) is 12.9 Å². The first-order chi connectivity index (χ1) is 5.95. The van der Waals surface area contributed by atoms with Crippen molar-refractivity contribution in [2.75, 3.05) is 0 Å². The Bertz CT molecular complexity index is 301. The molecule has 72 valence electrons. The summed E-state index contributed by atoms with van der Waals surface area (Å²) in [4.78, 5) is 0. The fourth-order valence-corrected chi connectivity index (χ4v) is 1.07. The predicted molar refractivity (Wildman–Crippen MR) is 41.0 cm³/mol. The van der Waals surface area contributed by atoms with Crippen LogP contribution in [0.3, 0.4) is 0 Å². The number of hydrogen-bond acceptors (Lipinski definition) is 0. The molecule has 0 fully saturated rings. The van der Waals surface area contributed by atoms with Crippen molar-refractivity contribution in [2.24, 2.45) is 0 Å². The molecule has 0 heterocycles. The van der Waals surface area contributed by atoms with Crippen LogP contribution in [0, 0.1) is 6.92 Å². The van der Waals surface area contributed by atoms with Gasteiger partial charge in [0.1, 0.15) is 6.67 Å². The molecule has 0 bridgehead atoms. The van der Waals surface area contributed by atoms with E-state index in [1.807, 2.05) is 0 Å². The van der Waals surface area contributed by atoms with Crippen LogP contribution in [0.25, 0.3) is 0 Å². The van der Waals surface area contributed by atoms with Gasteiger partial charge in [0.25, 0.3) is 0 Å². The molecule has 0 radical (unpaired) electrons. The van der Waals surface area contributed by atoms with Crippen molar-refractivity contribution in [3.8, 4) is 0 Å². The Kier molecular flexibility index (Phi) is 2.59. The quantitative estimate of drug-likeness (QED) is 0.597. The molecule has 0 N–H and O–H groups in total. The molecule has 0 amide bonds. The summed E-state index contributed by atoms with van der Waals surface area (Å²) >= 11 is 0. The SMILES string of the molecule is Cc1ccc(CF)c(C(F)(F)F)c1. The molecule has 0 aliphatic carbocycles. The lowest BCUT2D eigenvalue weighted by Gasteiger charge is -2.11. The van der Waals surface area contributed by atoms with Gasteiger partial charge in [0, 0.05) is 0 Å². The minimum atomic E-state index is -4.46. The van der Waals surface area contributed by atoms with Gasteiger partial charge in [-0.1, -0.05) is 17.7 Å². The molecule has 0 nitrogen and oxygen atoms in total. The molecule has 1 rings (SSSR count). The molecular formula is C9H8F4. The monoisotopic (exact) mass is 192 g/mol. The second kappa shape index (κ2) is 3.36. The zero-order valence-corrected chi connectivity index (χ0v) is 6.95. The predicted octanol–water partition coefficient (Wildman–Crippen LogP) is 3.48. The molecule has 13 heavy (non-hydrogen) atoms. The summed E-state index contributed by atoms with van der Waals surface area (Å²) < 4.78 is 48.9. The maximum Gasteiger partial charge on any atom is 0.416 e. The van der Waals surface area contributed by atoms with Crippen LogP contribution < -0.4 is 0 Å². The number of hydrogen-bond donors (Lipinski definition) is 0. The summed E-state index contributed by atoms with van der Waals surface area (Å²) in [6, 6.07) is 3.58. The first-order valence-corrected chi connectivity index (χ1v) is 3.68. The highest BCUT2D eigenvalue weighted by Crippen LogP contribution is 2.32. The van der Waals surface area contributed by atoms with E-state index in [9.17, 15) is 17.6 Å². The summed E-state index contributed by atoms with van der Waals surface area (Å²) in [5, 5.41) is 0. The highest BCUT2D eigenvalue weighted by molar-refractivity contribution is 5.33. The van der Waals surface area contributed by atoms with E-state index in [1.165, 1.54) is 13.0 Å². The molecule has 0 aromatic heterocycles. The van der Waals surface area contributed by atoms with Crippen LogP contribution in [0.1, 0.15) is 16.7 Å². The standard InChI is InChI=1S/C9H8F4/c1-6-2-3-7(5-10)8(4-6)9(11,12)13/h2-4H,5H2,1H3. The number of halogens is 4. The van der Waals surface area contributed by atoms with Gasteiger partial charge in [-0.15, -0.1) is 0 Å². The van der Waals surface area contributed by atoms with Crippen LogP contribution in [0.15, 0.2) is 18.2 Å². The van der Waals surface area contributed by atoms with Crippen molar-refractivity contribution in [2.45, 2.75) is 19.8 Å². The molecule has 1 aromatic carbocycles. The highest BCUT2D eigenvalue weighted by atomic mass is 19.4. The first-order valence-electron chi connectivity index (χ1n) is 3.68. The molecule has 0 atom stereocenters. The lowest BCUT2D eigenvalue weighted by Crippen LogP contribution is -2.08. The molecule has 0 spiro atoms. The molecule has 1 aromatic rings. The number of rotatable bonds is 1. The third-order valence-corrected chi connectivity index (χ3v) is 1.71. The zero-order valence-electron chi connectivity index (χ0n) is 6.95. The molecule has 0 aliphatic heterocycles. The van der Waals surface area contributed by atoms with Gasteiger partial charge in [0.15, 0.2) is 0 Å². The van der Waals surface area contributed by atoms with E-state index in [2.05, 4.69) is 0 Å². The molecule has 0 aliphatic rings. The van der Waals surface area contributed by atoms with Crippen molar-refractivity contribution in [3.63, 3.8) is 0 Å². The van der Waals surface area contributed by atoms with Gasteiger partial charge in [-0.3, -0.25) is 0 Å². The summed E-state index contributed by atoms with van der Waals surface area (Å²) in [6.45, 7) is 0.451. The Morgan fingerprint density at radius 1 is 1.23 bits per heavy atom. The summed E-state index contributed by atoms with van der Waals surface area (Å²) in [5.74, 6) is 0. The number of aryl methyl sites for hydroxylation is 1. The van der Waals surface area contributed by atoms with Gasteiger partial charge >= 0.3 is 6.18 Å². The Hall–Kier alpha value is -1.06. The first kappa shape index (κ1) is 10.0. The van der Waals surface area contributed by atoms with E-state index in [-0.39, 0.29) is 5.56 Å². The average Bonchev–Trinajstić information content (AvgIpc) is 2.03. The van der Waals surface area contributed by atoms with Crippen molar-refractivity contribution >= 4 is 0 Å². The third-order valence-electron chi connectivity index (χ3n) is 1.71. The Labute approximate surface area is 73.2 Å². The van der Waals surface area contributed by atoms with Crippen LogP contribution in [0.4, 0.5) is 17.6 Å². The molecule has 0 unspecified atom stereocenters. The summed E-state index contributed by atoms with van der Waals surface area (Å²) in [6.07, 6.45) is -4.46. The van der Waals surface area contributed by atoms with Crippen molar-refractivity contribution in [1.29, 1.82) is 0 Å². The largest absolute Gasteiger partial charge is 0.416 e. The smallest absolute Gasteiger partial charge is 0.246 e. The Morgan fingerprint density at radius 2 is 1.85 bits per heavy atom. The zero-order chi connectivity index (χ0) is 10.1. The molecule has 0 saturated carbocycles. The Morgan fingerprint density at radius 3 is 2.31 bits per heavy atom. The second-order valence-electron chi connectivity index (χ2n) is 2.79. The van der Waals surface area contributed by atoms with Crippen LogP contribution >= 0.6 is 0 Å². The average molecular weight is 192 g/mol. The number of alkyl halides is 4. The fraction of sp³-hybridized carbons (Fsp3) is 0.333. The summed E-state index contributed by atoms with van der Waals surface area (Å²) in [7, 11) is 0. The van der Waals surface area contributed by atoms with Crippen LogP contribution in [0.2, 0.25) is 0 Å². The van der Waals surface area contributed by atoms with Gasteiger partial charge in [-0.2, -0.15) is 13.2 Å². The van der Waals surface area contributed by atoms with E-state index in [0.717, 1.165) is 12.1 Å². The lowest BCUT2D eigenvalue weighted by atomic mass is 10.1. The van der Waals surface area contributed by atoms with Crippen LogP contribution in [0.5, 0.6) is 0 Å². The van der Waals surface area contributed by atoms with Crippen molar-refractivity contribution < 1.29 is 17.6 Å². The normalized spacial score (nSPS) is 11.8. The molecule has 0 saturated heterocycles. The topological polar surface area (TPSA) is 0 Å². The molecular weight excluding hydrogens is 184 g/mol. The summed E-state index contributed by atoms with van der Waals surface area (Å²) in [5.41, 5.74) is -0.711. The van der Waals surface area contributed by atoms with Gasteiger partial charge < -0.3 is 0 Å². The number of benzene rings is 1. The van der Waals surface area contributed by atoms with E-state index in [4.69, 9.17) is 0 Å². The van der Waals surface area contributed by atoms with Gasteiger partial charge in [0.05, 0.1) is 5.56 Å². The third kappa shape index (κ3) is 2.20. The van der Waals surface area contributed by atoms with Crippen molar-refractivity contribution in [1.82, 2.24) is 0 Å². The highest BCUT2D eigenvalue weighted by Gasteiger charge is 2.33. The fourth-order valence-electron chi connectivity index (χ4n) is 1.07. The van der Waals surface area contributed by atoms with Gasteiger partial charge in [-0.25, -0.2) is 4.39 Å². The minimum absolute atomic E-state index is 0.307. The maximum absolute atomic E-state index is 12.2. The van der Waals surface area contributed by atoms with Gasteiger partial charge in [0.2, 0.25) is 0 Å². The minimum Gasteiger partial charge on any atom is -0.246 e. The van der Waals surface area contributed by atoms with E-state index < -0.39 is 18.4 Å². The van der Waals surface area contributed by atoms with E-state index >= 15 is 0 Å². The van der Waals surface area contributed by atoms with Gasteiger partial charge in [-0.05, 0) is 18.6 Å². The second-order valence-corrected chi connectivity index (χ2v) is 2.79. The van der Waals surface area contributed by atoms with Crippen molar-refractivity contribution in [3.05, 3.63) is 34.9 Å². The maximum atomic E-state index is 12.2. The van der Waals surface area contributed by atoms with Crippen LogP contribution in [-0.4, -0.2) is 0 Å². The lowest BCUT2D eigenvalue weighted by molar-refractivity contribution is -0.138. The molecule has 4 heteroatoms.